The van der Waals surface area contributed by atoms with Gasteiger partial charge in [-0.15, -0.1) is 0 Å². The molecule has 2 heterocycles. The summed E-state index contributed by atoms with van der Waals surface area (Å²) in [6, 6.07) is 1.24. The number of ether oxygens (including phenoxy) is 2. The number of imide groups is 1. The van der Waals surface area contributed by atoms with E-state index >= 15 is 0 Å². The number of carbonyl (C=O) groups excluding carboxylic acids is 4. The molecule has 1 aromatic heterocycles. The van der Waals surface area contributed by atoms with Gasteiger partial charge in [-0.3, -0.25) is 19.3 Å². The molecule has 3 rings (SSSR count). The van der Waals surface area contributed by atoms with Crippen LogP contribution in [0.15, 0.2) is 6.07 Å². The van der Waals surface area contributed by atoms with Crippen LogP contribution in [0.25, 0.3) is 0 Å². The maximum atomic E-state index is 12.6. The molecule has 30 heavy (non-hydrogen) atoms. The smallest absolute Gasteiger partial charge is 0.326 e. The Hall–Kier alpha value is -2.68. The van der Waals surface area contributed by atoms with Crippen molar-refractivity contribution in [3.05, 3.63) is 23.0 Å². The van der Waals surface area contributed by atoms with Gasteiger partial charge in [-0.25, -0.2) is 4.79 Å². The van der Waals surface area contributed by atoms with Gasteiger partial charge in [0.05, 0.1) is 12.6 Å². The standard InChI is InChI=1S/C21H29N3O6/c1-13-9-16(15(3)24(13)14(2)11-29-4)17(25)12-30-18(26)10-23-19(27)21(22-20(23)28)7-5-6-8-21/h9,14H,5-8,10-12H2,1-4H3,(H,22,28)/t14-/m0/s1. The molecule has 1 saturated carbocycles. The maximum Gasteiger partial charge on any atom is 0.326 e. The summed E-state index contributed by atoms with van der Waals surface area (Å²) in [5, 5.41) is 2.71. The summed E-state index contributed by atoms with van der Waals surface area (Å²) in [6.45, 7) is 5.29. The molecule has 0 aromatic carbocycles. The van der Waals surface area contributed by atoms with Gasteiger partial charge in [0.2, 0.25) is 5.78 Å². The van der Waals surface area contributed by atoms with E-state index in [-0.39, 0.29) is 17.7 Å². The van der Waals surface area contributed by atoms with Crippen LogP contribution in [-0.4, -0.2) is 65.6 Å². The van der Waals surface area contributed by atoms with Crippen LogP contribution in [0, 0.1) is 13.8 Å². The van der Waals surface area contributed by atoms with Gasteiger partial charge in [0, 0.05) is 24.1 Å². The zero-order valence-corrected chi connectivity index (χ0v) is 17.9. The van der Waals surface area contributed by atoms with Gasteiger partial charge in [0.25, 0.3) is 5.91 Å². The van der Waals surface area contributed by atoms with Crippen molar-refractivity contribution in [2.45, 2.75) is 58.0 Å². The SMILES string of the molecule is COC[C@H](C)n1c(C)cc(C(=O)COC(=O)CN2C(=O)NC3(CCCC3)C2=O)c1C. The molecule has 0 radical (unpaired) electrons. The zero-order chi connectivity index (χ0) is 22.1. The fourth-order valence-electron chi connectivity index (χ4n) is 4.59. The zero-order valence-electron chi connectivity index (χ0n) is 17.9. The molecule has 0 bridgehead atoms. The first kappa shape index (κ1) is 22.0. The molecule has 1 aliphatic carbocycles. The van der Waals surface area contributed by atoms with Gasteiger partial charge in [0.1, 0.15) is 12.1 Å². The summed E-state index contributed by atoms with van der Waals surface area (Å²) >= 11 is 0. The van der Waals surface area contributed by atoms with Gasteiger partial charge in [-0.1, -0.05) is 12.8 Å². The van der Waals surface area contributed by atoms with Crippen molar-refractivity contribution >= 4 is 23.7 Å². The molecule has 1 aliphatic heterocycles. The molecule has 0 unspecified atom stereocenters. The van der Waals surface area contributed by atoms with E-state index in [0.717, 1.165) is 29.1 Å². The highest BCUT2D eigenvalue weighted by atomic mass is 16.5. The summed E-state index contributed by atoms with van der Waals surface area (Å²) < 4.78 is 12.3. The number of Topliss-reactive ketones (excluding diaryl/α,β-unsaturated/α-hetero) is 1. The largest absolute Gasteiger partial charge is 0.456 e. The molecule has 9 nitrogen and oxygen atoms in total. The third-order valence-electron chi connectivity index (χ3n) is 5.99. The van der Waals surface area contributed by atoms with Crippen molar-refractivity contribution in [1.29, 1.82) is 0 Å². The van der Waals surface area contributed by atoms with Gasteiger partial charge < -0.3 is 19.4 Å². The minimum Gasteiger partial charge on any atom is -0.456 e. The Bertz CT molecular complexity index is 868. The lowest BCUT2D eigenvalue weighted by Crippen LogP contribution is -2.44. The predicted octanol–water partition coefficient (Wildman–Crippen LogP) is 1.90. The van der Waals surface area contributed by atoms with Gasteiger partial charge in [-0.05, 0) is 39.7 Å². The van der Waals surface area contributed by atoms with E-state index in [9.17, 15) is 19.2 Å². The number of hydrogen-bond acceptors (Lipinski definition) is 6. The van der Waals surface area contributed by atoms with E-state index in [1.54, 1.807) is 13.2 Å². The number of aromatic nitrogens is 1. The third kappa shape index (κ3) is 3.98. The first-order valence-corrected chi connectivity index (χ1v) is 10.2. The van der Waals surface area contributed by atoms with Crippen molar-refractivity contribution in [2.75, 3.05) is 26.9 Å². The number of urea groups is 1. The molecular formula is C21H29N3O6. The average Bonchev–Trinajstić information content (AvgIpc) is 3.34. The third-order valence-corrected chi connectivity index (χ3v) is 5.99. The number of nitrogens with zero attached hydrogens (tertiary/aromatic N) is 2. The number of ketones is 1. The Morgan fingerprint density at radius 3 is 2.53 bits per heavy atom. The minimum atomic E-state index is -0.871. The van der Waals surface area contributed by atoms with E-state index in [2.05, 4.69) is 5.32 Å². The van der Waals surface area contributed by atoms with Crippen molar-refractivity contribution in [3.8, 4) is 0 Å². The van der Waals surface area contributed by atoms with E-state index in [4.69, 9.17) is 9.47 Å². The van der Waals surface area contributed by atoms with E-state index in [1.165, 1.54) is 0 Å². The highest BCUT2D eigenvalue weighted by Gasteiger charge is 2.52. The summed E-state index contributed by atoms with van der Waals surface area (Å²) in [7, 11) is 1.62. The van der Waals surface area contributed by atoms with Crippen molar-refractivity contribution in [3.63, 3.8) is 0 Å². The van der Waals surface area contributed by atoms with E-state index in [1.807, 2.05) is 25.3 Å². The second-order valence-electron chi connectivity index (χ2n) is 8.15. The lowest BCUT2D eigenvalue weighted by molar-refractivity contribution is -0.146. The van der Waals surface area contributed by atoms with Crippen LogP contribution in [-0.2, 0) is 19.1 Å². The van der Waals surface area contributed by atoms with Crippen molar-refractivity contribution < 1.29 is 28.7 Å². The Morgan fingerprint density at radius 1 is 1.23 bits per heavy atom. The van der Waals surface area contributed by atoms with Gasteiger partial charge in [-0.2, -0.15) is 0 Å². The van der Waals surface area contributed by atoms with Crippen molar-refractivity contribution in [2.24, 2.45) is 0 Å². The predicted molar refractivity (Wildman–Crippen MR) is 107 cm³/mol. The number of rotatable bonds is 8. The quantitative estimate of drug-likeness (QED) is 0.392. The normalized spacial score (nSPS) is 18.7. The molecule has 2 aliphatic rings. The monoisotopic (exact) mass is 419 g/mol. The van der Waals surface area contributed by atoms with Crippen LogP contribution >= 0.6 is 0 Å². The fraction of sp³-hybridized carbons (Fsp3) is 0.619. The molecule has 1 atom stereocenters. The Kier molecular flexibility index (Phi) is 6.30. The van der Waals surface area contributed by atoms with Gasteiger partial charge >= 0.3 is 12.0 Å². The second-order valence-corrected chi connectivity index (χ2v) is 8.15. The number of methoxy groups -OCH3 is 1. The van der Waals surface area contributed by atoms with Crippen LogP contribution < -0.4 is 5.32 Å². The molecule has 3 amide bonds. The van der Waals surface area contributed by atoms with E-state index < -0.39 is 30.7 Å². The summed E-state index contributed by atoms with van der Waals surface area (Å²) in [6.07, 6.45) is 2.89. The molecule has 1 saturated heterocycles. The summed E-state index contributed by atoms with van der Waals surface area (Å²) in [4.78, 5) is 50.4. The lowest BCUT2D eigenvalue weighted by atomic mass is 9.98. The number of esters is 1. The molecule has 1 spiro atoms. The Labute approximate surface area is 175 Å². The highest BCUT2D eigenvalue weighted by Crippen LogP contribution is 2.34. The maximum absolute atomic E-state index is 12.6. The molecule has 2 fully saturated rings. The number of nitrogens with one attached hydrogen (secondary N) is 1. The number of amides is 3. The average molecular weight is 419 g/mol. The fourth-order valence-corrected chi connectivity index (χ4v) is 4.59. The number of hydrogen-bond donors (Lipinski definition) is 1. The first-order chi connectivity index (χ1) is 14.2. The summed E-state index contributed by atoms with van der Waals surface area (Å²) in [5.74, 6) is -1.51. The number of aryl methyl sites for hydroxylation is 1. The molecule has 164 valence electrons. The topological polar surface area (TPSA) is 107 Å². The first-order valence-electron chi connectivity index (χ1n) is 10.2. The Balaban J connectivity index is 1.59. The molecule has 1 aromatic rings. The second kappa shape index (κ2) is 8.59. The van der Waals surface area contributed by atoms with Crippen molar-refractivity contribution in [1.82, 2.24) is 14.8 Å². The summed E-state index contributed by atoms with van der Waals surface area (Å²) in [5.41, 5.74) is 1.29. The highest BCUT2D eigenvalue weighted by molar-refractivity contribution is 6.09. The van der Waals surface area contributed by atoms with E-state index in [0.29, 0.717) is 25.0 Å². The molecule has 9 heteroatoms. The number of carbonyl (C=O) groups is 4. The van der Waals surface area contributed by atoms with Crippen LogP contribution in [0.2, 0.25) is 0 Å². The minimum absolute atomic E-state index is 0.0571. The van der Waals surface area contributed by atoms with Gasteiger partial charge in [0.15, 0.2) is 6.61 Å². The van der Waals surface area contributed by atoms with Crippen LogP contribution in [0.1, 0.15) is 60.4 Å². The van der Waals surface area contributed by atoms with Crippen LogP contribution in [0.4, 0.5) is 4.79 Å². The molecule has 1 N–H and O–H groups in total. The van der Waals surface area contributed by atoms with Crippen LogP contribution in [0.3, 0.4) is 0 Å². The Morgan fingerprint density at radius 2 is 1.90 bits per heavy atom. The molecular weight excluding hydrogens is 390 g/mol. The van der Waals surface area contributed by atoms with Crippen LogP contribution in [0.5, 0.6) is 0 Å². The lowest BCUT2D eigenvalue weighted by Gasteiger charge is -2.19.